The van der Waals surface area contributed by atoms with Crippen LogP contribution in [-0.4, -0.2) is 18.7 Å². The molecule has 0 amide bonds. The molecule has 0 saturated carbocycles. The molecule has 4 aromatic rings. The Balaban J connectivity index is 1.66. The molecule has 1 heterocycles. The standard InChI is InChI=1S/C30H30O4S/c1-6-21-9-7-8-10-24(21)29-28(25-17-16-23(32-5)19-26(25)35-29)33-22-14-11-20(12-15-22)13-18-27(31)34-30(2,3)4/h7-19H,6H2,1-5H3. The van der Waals surface area contributed by atoms with E-state index in [0.29, 0.717) is 0 Å². The molecular formula is C30H30O4S. The number of carbonyl (C=O) groups excluding carboxylic acids is 1. The van der Waals surface area contributed by atoms with Crippen LogP contribution < -0.4 is 9.47 Å². The Morgan fingerprint density at radius 2 is 1.69 bits per heavy atom. The zero-order valence-electron chi connectivity index (χ0n) is 20.8. The summed E-state index contributed by atoms with van der Waals surface area (Å²) in [6.07, 6.45) is 4.12. The van der Waals surface area contributed by atoms with Gasteiger partial charge in [0, 0.05) is 16.2 Å². The van der Waals surface area contributed by atoms with Crippen LogP contribution in [-0.2, 0) is 16.0 Å². The van der Waals surface area contributed by atoms with Crippen LogP contribution in [0.1, 0.15) is 38.8 Å². The first-order valence-electron chi connectivity index (χ1n) is 11.6. The summed E-state index contributed by atoms with van der Waals surface area (Å²) in [5.74, 6) is 2.02. The first-order valence-corrected chi connectivity index (χ1v) is 12.5. The van der Waals surface area contributed by atoms with Crippen molar-refractivity contribution in [3.63, 3.8) is 0 Å². The second-order valence-corrected chi connectivity index (χ2v) is 10.2. The van der Waals surface area contributed by atoms with Crippen molar-refractivity contribution in [1.29, 1.82) is 0 Å². The smallest absolute Gasteiger partial charge is 0.331 e. The van der Waals surface area contributed by atoms with E-state index in [9.17, 15) is 4.79 Å². The van der Waals surface area contributed by atoms with Gasteiger partial charge in [0.1, 0.15) is 17.1 Å². The molecule has 0 aliphatic heterocycles. The molecular weight excluding hydrogens is 456 g/mol. The average molecular weight is 487 g/mol. The van der Waals surface area contributed by atoms with E-state index in [1.54, 1.807) is 24.5 Å². The van der Waals surface area contributed by atoms with E-state index in [1.807, 2.05) is 51.1 Å². The van der Waals surface area contributed by atoms with Crippen molar-refractivity contribution in [3.8, 4) is 27.7 Å². The highest BCUT2D eigenvalue weighted by Gasteiger charge is 2.19. The monoisotopic (exact) mass is 486 g/mol. The molecule has 0 atom stereocenters. The van der Waals surface area contributed by atoms with Gasteiger partial charge in [-0.05, 0) is 80.3 Å². The van der Waals surface area contributed by atoms with E-state index < -0.39 is 5.60 Å². The summed E-state index contributed by atoms with van der Waals surface area (Å²) in [5.41, 5.74) is 2.83. The Morgan fingerprint density at radius 1 is 0.971 bits per heavy atom. The lowest BCUT2D eigenvalue weighted by Crippen LogP contribution is -2.22. The van der Waals surface area contributed by atoms with Gasteiger partial charge in [0.25, 0.3) is 0 Å². The number of hydrogen-bond acceptors (Lipinski definition) is 5. The number of hydrogen-bond donors (Lipinski definition) is 0. The van der Waals surface area contributed by atoms with Crippen LogP contribution in [0.4, 0.5) is 0 Å². The van der Waals surface area contributed by atoms with Crippen LogP contribution in [0.25, 0.3) is 26.6 Å². The molecule has 0 unspecified atom stereocenters. The maximum Gasteiger partial charge on any atom is 0.331 e. The Labute approximate surface area is 210 Å². The van der Waals surface area contributed by atoms with Gasteiger partial charge in [-0.15, -0.1) is 11.3 Å². The van der Waals surface area contributed by atoms with Gasteiger partial charge in [0.05, 0.1) is 12.0 Å². The van der Waals surface area contributed by atoms with Crippen molar-refractivity contribution < 1.29 is 19.0 Å². The third kappa shape index (κ3) is 5.92. The second-order valence-electron chi connectivity index (χ2n) is 9.17. The highest BCUT2D eigenvalue weighted by atomic mass is 32.1. The first-order chi connectivity index (χ1) is 16.8. The largest absolute Gasteiger partial charge is 0.497 e. The number of ether oxygens (including phenoxy) is 3. The quantitative estimate of drug-likeness (QED) is 0.195. The van der Waals surface area contributed by atoms with Gasteiger partial charge in [-0.3, -0.25) is 0 Å². The summed E-state index contributed by atoms with van der Waals surface area (Å²) < 4.78 is 18.4. The van der Waals surface area contributed by atoms with Crippen LogP contribution >= 0.6 is 11.3 Å². The Kier molecular flexibility index (Phi) is 7.27. The molecule has 5 heteroatoms. The van der Waals surface area contributed by atoms with Gasteiger partial charge in [0.15, 0.2) is 5.75 Å². The Hall–Kier alpha value is -3.57. The molecule has 4 nitrogen and oxygen atoms in total. The molecule has 35 heavy (non-hydrogen) atoms. The number of fused-ring (bicyclic) bond motifs is 1. The normalized spacial score (nSPS) is 11.7. The third-order valence-corrected chi connectivity index (χ3v) is 6.58. The van der Waals surface area contributed by atoms with Crippen LogP contribution in [0.5, 0.6) is 17.2 Å². The van der Waals surface area contributed by atoms with Crippen molar-refractivity contribution in [1.82, 2.24) is 0 Å². The van der Waals surface area contributed by atoms with E-state index in [1.165, 1.54) is 17.2 Å². The fourth-order valence-corrected chi connectivity index (χ4v) is 4.99. The summed E-state index contributed by atoms with van der Waals surface area (Å²) in [4.78, 5) is 13.1. The van der Waals surface area contributed by atoms with Crippen LogP contribution in [0.15, 0.2) is 72.8 Å². The van der Waals surface area contributed by atoms with Gasteiger partial charge in [-0.1, -0.05) is 43.3 Å². The van der Waals surface area contributed by atoms with Gasteiger partial charge in [-0.25, -0.2) is 4.79 Å². The molecule has 180 valence electrons. The van der Waals surface area contributed by atoms with E-state index >= 15 is 0 Å². The maximum absolute atomic E-state index is 12.0. The first kappa shape index (κ1) is 24.6. The molecule has 0 saturated heterocycles. The third-order valence-electron chi connectivity index (χ3n) is 5.41. The SMILES string of the molecule is CCc1ccccc1-c1sc2cc(OC)ccc2c1Oc1ccc(C=CC(=O)OC(C)(C)C)cc1. The van der Waals surface area contributed by atoms with E-state index in [0.717, 1.165) is 44.2 Å². The molecule has 0 spiro atoms. The summed E-state index contributed by atoms with van der Waals surface area (Å²) in [7, 11) is 1.68. The molecule has 0 fully saturated rings. The lowest BCUT2D eigenvalue weighted by molar-refractivity contribution is -0.148. The number of carbonyl (C=O) groups is 1. The van der Waals surface area contributed by atoms with E-state index in [-0.39, 0.29) is 5.97 Å². The van der Waals surface area contributed by atoms with Crippen molar-refractivity contribution in [2.45, 2.75) is 39.7 Å². The van der Waals surface area contributed by atoms with Gasteiger partial charge in [-0.2, -0.15) is 0 Å². The maximum atomic E-state index is 12.0. The fourth-order valence-electron chi connectivity index (χ4n) is 3.77. The van der Waals surface area contributed by atoms with Crippen LogP contribution in [0.3, 0.4) is 0 Å². The van der Waals surface area contributed by atoms with Gasteiger partial charge >= 0.3 is 5.97 Å². The summed E-state index contributed by atoms with van der Waals surface area (Å²) in [6, 6.07) is 22.2. The molecule has 0 radical (unpaired) electrons. The molecule has 4 rings (SSSR count). The number of thiophene rings is 1. The Bertz CT molecular complexity index is 1360. The van der Waals surface area contributed by atoms with E-state index in [4.69, 9.17) is 14.2 Å². The minimum absolute atomic E-state index is 0.364. The van der Waals surface area contributed by atoms with Crippen LogP contribution in [0.2, 0.25) is 0 Å². The number of aryl methyl sites for hydroxylation is 1. The van der Waals surface area contributed by atoms with Gasteiger partial charge < -0.3 is 14.2 Å². The Morgan fingerprint density at radius 3 is 2.37 bits per heavy atom. The van der Waals surface area contributed by atoms with Crippen molar-refractivity contribution in [2.75, 3.05) is 7.11 Å². The van der Waals surface area contributed by atoms with Crippen molar-refractivity contribution >= 4 is 33.5 Å². The molecule has 0 bridgehead atoms. The summed E-state index contributed by atoms with van der Waals surface area (Å²) >= 11 is 1.71. The topological polar surface area (TPSA) is 44.8 Å². The number of benzene rings is 3. The molecule has 3 aromatic carbocycles. The molecule has 0 aliphatic rings. The summed E-state index contributed by atoms with van der Waals surface area (Å²) in [5, 5.41) is 1.05. The van der Waals surface area contributed by atoms with Gasteiger partial charge in [0.2, 0.25) is 0 Å². The second kappa shape index (κ2) is 10.4. The lowest BCUT2D eigenvalue weighted by atomic mass is 10.0. The van der Waals surface area contributed by atoms with E-state index in [2.05, 4.69) is 43.3 Å². The molecule has 0 aliphatic carbocycles. The number of methoxy groups -OCH3 is 1. The average Bonchev–Trinajstić information content (AvgIpc) is 3.19. The highest BCUT2D eigenvalue weighted by molar-refractivity contribution is 7.22. The van der Waals surface area contributed by atoms with Crippen LogP contribution in [0, 0.1) is 0 Å². The predicted octanol–water partition coefficient (Wildman–Crippen LogP) is 8.29. The fraction of sp³-hybridized carbons (Fsp3) is 0.233. The van der Waals surface area contributed by atoms with Crippen molar-refractivity contribution in [2.24, 2.45) is 0 Å². The predicted molar refractivity (Wildman–Crippen MR) is 145 cm³/mol. The highest BCUT2D eigenvalue weighted by Crippen LogP contribution is 2.48. The zero-order valence-corrected chi connectivity index (χ0v) is 21.6. The minimum atomic E-state index is -0.513. The lowest BCUT2D eigenvalue weighted by Gasteiger charge is -2.17. The number of esters is 1. The number of rotatable bonds is 7. The molecule has 1 aromatic heterocycles. The summed E-state index contributed by atoms with van der Waals surface area (Å²) in [6.45, 7) is 7.71. The zero-order chi connectivity index (χ0) is 25.0. The minimum Gasteiger partial charge on any atom is -0.497 e. The molecule has 0 N–H and O–H groups in total. The van der Waals surface area contributed by atoms with Crippen molar-refractivity contribution in [3.05, 3.63) is 83.9 Å².